The van der Waals surface area contributed by atoms with Gasteiger partial charge in [-0.3, -0.25) is 4.79 Å². The van der Waals surface area contributed by atoms with Crippen LogP contribution in [0.25, 0.3) is 0 Å². The standard InChI is InChI=1S/C21H30N2O3/c1-25-18-10-13-6-7-23(12-17(13)11-19(18)26-2)21(24)16-8-14-4-3-5-15(9-16)20(14)22/h10-11,14-16,20H,3-9,12,22H2,1-2H3. The minimum absolute atomic E-state index is 0.159. The van der Waals surface area contributed by atoms with E-state index in [0.29, 0.717) is 30.3 Å². The Bertz CT molecular complexity index is 676. The molecule has 1 aromatic rings. The van der Waals surface area contributed by atoms with Gasteiger partial charge in [-0.15, -0.1) is 0 Å². The highest BCUT2D eigenvalue weighted by Gasteiger charge is 2.42. The zero-order chi connectivity index (χ0) is 18.3. The monoisotopic (exact) mass is 358 g/mol. The Kier molecular flexibility index (Phi) is 4.82. The van der Waals surface area contributed by atoms with Crippen molar-refractivity contribution in [1.29, 1.82) is 0 Å². The van der Waals surface area contributed by atoms with Crippen LogP contribution in [0.4, 0.5) is 0 Å². The summed E-state index contributed by atoms with van der Waals surface area (Å²) in [6, 6.07) is 4.39. The van der Waals surface area contributed by atoms with Crippen LogP contribution in [0.2, 0.25) is 0 Å². The van der Waals surface area contributed by atoms with Gasteiger partial charge in [-0.05, 0) is 67.2 Å². The number of nitrogens with zero attached hydrogens (tertiary/aromatic N) is 1. The van der Waals surface area contributed by atoms with Gasteiger partial charge in [-0.1, -0.05) is 6.42 Å². The zero-order valence-corrected chi connectivity index (χ0v) is 15.9. The van der Waals surface area contributed by atoms with E-state index in [4.69, 9.17) is 15.2 Å². The van der Waals surface area contributed by atoms with Crippen LogP contribution in [-0.4, -0.2) is 37.6 Å². The van der Waals surface area contributed by atoms with Crippen LogP contribution in [0.1, 0.15) is 43.2 Å². The normalized spacial score (nSPS) is 30.5. The molecule has 142 valence electrons. The lowest BCUT2D eigenvalue weighted by Crippen LogP contribution is -2.50. The Hall–Kier alpha value is -1.75. The van der Waals surface area contributed by atoms with Gasteiger partial charge in [0.1, 0.15) is 0 Å². The number of nitrogens with two attached hydrogens (primary N) is 1. The van der Waals surface area contributed by atoms with Gasteiger partial charge in [-0.2, -0.15) is 0 Å². The minimum atomic E-state index is 0.159. The van der Waals surface area contributed by atoms with Gasteiger partial charge >= 0.3 is 0 Å². The highest BCUT2D eigenvalue weighted by molar-refractivity contribution is 5.79. The van der Waals surface area contributed by atoms with E-state index in [1.807, 2.05) is 11.0 Å². The fraction of sp³-hybridized carbons (Fsp3) is 0.667. The summed E-state index contributed by atoms with van der Waals surface area (Å²) in [6.07, 6.45) is 6.50. The van der Waals surface area contributed by atoms with Crippen molar-refractivity contribution in [2.45, 2.75) is 51.1 Å². The molecule has 3 aliphatic rings. The van der Waals surface area contributed by atoms with Gasteiger partial charge in [0.25, 0.3) is 0 Å². The van der Waals surface area contributed by atoms with Crippen LogP contribution in [0.3, 0.4) is 0 Å². The molecule has 0 radical (unpaired) electrons. The molecule has 0 saturated heterocycles. The number of hydrogen-bond acceptors (Lipinski definition) is 4. The maximum atomic E-state index is 13.2. The van der Waals surface area contributed by atoms with Crippen molar-refractivity contribution in [2.24, 2.45) is 23.5 Å². The molecule has 2 unspecified atom stereocenters. The molecule has 5 heteroatoms. The van der Waals surface area contributed by atoms with Crippen LogP contribution >= 0.6 is 0 Å². The molecule has 0 aromatic heterocycles. The minimum Gasteiger partial charge on any atom is -0.493 e. The maximum absolute atomic E-state index is 13.2. The Morgan fingerprint density at radius 3 is 2.31 bits per heavy atom. The molecule has 2 fully saturated rings. The predicted octanol–water partition coefficient (Wildman–Crippen LogP) is 2.74. The molecule has 1 amide bonds. The van der Waals surface area contributed by atoms with Crippen molar-refractivity contribution in [1.82, 2.24) is 4.90 Å². The molecule has 5 nitrogen and oxygen atoms in total. The van der Waals surface area contributed by atoms with Crippen LogP contribution in [0.15, 0.2) is 12.1 Å². The summed E-state index contributed by atoms with van der Waals surface area (Å²) in [6.45, 7) is 1.46. The third kappa shape index (κ3) is 3.07. The number of hydrogen-bond donors (Lipinski definition) is 1. The second-order valence-corrected chi connectivity index (χ2v) is 8.18. The van der Waals surface area contributed by atoms with Crippen LogP contribution in [-0.2, 0) is 17.8 Å². The van der Waals surface area contributed by atoms with E-state index in [2.05, 4.69) is 6.07 Å². The number of amides is 1. The Labute approximate surface area is 155 Å². The summed E-state index contributed by atoms with van der Waals surface area (Å²) < 4.78 is 10.8. The molecule has 1 aliphatic heterocycles. The zero-order valence-electron chi connectivity index (χ0n) is 15.9. The van der Waals surface area contributed by atoms with Gasteiger partial charge in [0.15, 0.2) is 11.5 Å². The Morgan fingerprint density at radius 1 is 1.08 bits per heavy atom. The number of ether oxygens (including phenoxy) is 2. The topological polar surface area (TPSA) is 64.8 Å². The van der Waals surface area contributed by atoms with E-state index in [1.54, 1.807) is 14.2 Å². The van der Waals surface area contributed by atoms with E-state index < -0.39 is 0 Å². The third-order valence-electron chi connectivity index (χ3n) is 6.79. The smallest absolute Gasteiger partial charge is 0.226 e. The Morgan fingerprint density at radius 2 is 1.69 bits per heavy atom. The molecular formula is C21H30N2O3. The fourth-order valence-electron chi connectivity index (χ4n) is 5.32. The summed E-state index contributed by atoms with van der Waals surface area (Å²) in [5.41, 5.74) is 8.83. The SMILES string of the molecule is COc1cc2c(cc1OC)CN(C(=O)C1CC3CCCC(C1)C3N)CC2. The van der Waals surface area contributed by atoms with E-state index >= 15 is 0 Å². The van der Waals surface area contributed by atoms with Gasteiger partial charge in [-0.25, -0.2) is 0 Å². The van der Waals surface area contributed by atoms with Gasteiger partial charge in [0.2, 0.25) is 5.91 Å². The first kappa shape index (κ1) is 17.7. The lowest BCUT2D eigenvalue weighted by atomic mass is 9.65. The number of benzene rings is 1. The first-order chi connectivity index (χ1) is 12.6. The summed E-state index contributed by atoms with van der Waals surface area (Å²) in [5, 5.41) is 0. The summed E-state index contributed by atoms with van der Waals surface area (Å²) in [5.74, 6) is 3.07. The molecule has 0 spiro atoms. The molecule has 1 heterocycles. The number of carbonyl (C=O) groups excluding carboxylic acids is 1. The van der Waals surface area contributed by atoms with Crippen molar-refractivity contribution in [2.75, 3.05) is 20.8 Å². The molecule has 26 heavy (non-hydrogen) atoms. The second kappa shape index (κ2) is 7.10. The molecule has 2 N–H and O–H groups in total. The first-order valence-corrected chi connectivity index (χ1v) is 9.88. The second-order valence-electron chi connectivity index (χ2n) is 8.18. The predicted molar refractivity (Wildman–Crippen MR) is 100 cm³/mol. The number of carbonyl (C=O) groups is 1. The fourth-order valence-corrected chi connectivity index (χ4v) is 5.32. The van der Waals surface area contributed by atoms with E-state index in [1.165, 1.54) is 30.4 Å². The van der Waals surface area contributed by atoms with E-state index in [9.17, 15) is 4.79 Å². The van der Waals surface area contributed by atoms with Crippen molar-refractivity contribution in [3.63, 3.8) is 0 Å². The number of methoxy groups -OCH3 is 2. The lowest BCUT2D eigenvalue weighted by molar-refractivity contribution is -0.139. The van der Waals surface area contributed by atoms with Crippen LogP contribution in [0, 0.1) is 17.8 Å². The van der Waals surface area contributed by atoms with Crippen molar-refractivity contribution in [3.05, 3.63) is 23.3 Å². The van der Waals surface area contributed by atoms with Crippen LogP contribution < -0.4 is 15.2 Å². The average Bonchev–Trinajstić information content (AvgIpc) is 2.65. The van der Waals surface area contributed by atoms with Crippen LogP contribution in [0.5, 0.6) is 11.5 Å². The highest BCUT2D eigenvalue weighted by atomic mass is 16.5. The quantitative estimate of drug-likeness (QED) is 0.902. The molecular weight excluding hydrogens is 328 g/mol. The summed E-state index contributed by atoms with van der Waals surface area (Å²) in [4.78, 5) is 15.3. The number of rotatable bonds is 3. The largest absolute Gasteiger partial charge is 0.493 e. The van der Waals surface area contributed by atoms with Gasteiger partial charge in [0.05, 0.1) is 14.2 Å². The highest BCUT2D eigenvalue weighted by Crippen LogP contribution is 2.43. The molecule has 1 aromatic carbocycles. The maximum Gasteiger partial charge on any atom is 0.226 e. The van der Waals surface area contributed by atoms with Crippen molar-refractivity contribution >= 4 is 5.91 Å². The van der Waals surface area contributed by atoms with Gasteiger partial charge < -0.3 is 20.1 Å². The molecule has 2 aliphatic carbocycles. The molecule has 4 rings (SSSR count). The van der Waals surface area contributed by atoms with E-state index in [-0.39, 0.29) is 5.92 Å². The lowest BCUT2D eigenvalue weighted by Gasteiger charge is -2.45. The third-order valence-corrected chi connectivity index (χ3v) is 6.79. The van der Waals surface area contributed by atoms with E-state index in [0.717, 1.165) is 37.3 Å². The molecule has 2 bridgehead atoms. The first-order valence-electron chi connectivity index (χ1n) is 9.88. The molecule has 2 atom stereocenters. The van der Waals surface area contributed by atoms with Gasteiger partial charge in [0, 0.05) is 25.0 Å². The summed E-state index contributed by atoms with van der Waals surface area (Å²) >= 11 is 0. The molecule has 2 saturated carbocycles. The summed E-state index contributed by atoms with van der Waals surface area (Å²) in [7, 11) is 3.31. The Balaban J connectivity index is 1.49. The van der Waals surface area contributed by atoms with Crippen molar-refractivity contribution < 1.29 is 14.3 Å². The average molecular weight is 358 g/mol. The number of fused-ring (bicyclic) bond motifs is 3. The van der Waals surface area contributed by atoms with Crippen molar-refractivity contribution in [3.8, 4) is 11.5 Å².